The molecule has 1 aliphatic rings. The first-order chi connectivity index (χ1) is 19.5. The number of aromatic nitrogens is 3. The van der Waals surface area contributed by atoms with Gasteiger partial charge in [-0.25, -0.2) is 9.78 Å². The van der Waals surface area contributed by atoms with Crippen molar-refractivity contribution in [3.8, 4) is 21.7 Å². The summed E-state index contributed by atoms with van der Waals surface area (Å²) in [5.41, 5.74) is 6.38. The highest BCUT2D eigenvalue weighted by molar-refractivity contribution is 7.22. The number of halogens is 1. The Morgan fingerprint density at radius 1 is 1.17 bits per heavy atom. The molecule has 0 bridgehead atoms. The van der Waals surface area contributed by atoms with Crippen LogP contribution in [0.5, 0.6) is 0 Å². The van der Waals surface area contributed by atoms with Gasteiger partial charge >= 0.3 is 5.97 Å². The highest BCUT2D eigenvalue weighted by Crippen LogP contribution is 2.45. The van der Waals surface area contributed by atoms with Crippen LogP contribution < -0.4 is 0 Å². The van der Waals surface area contributed by atoms with Crippen molar-refractivity contribution in [2.24, 2.45) is 7.05 Å². The third-order valence-corrected chi connectivity index (χ3v) is 8.85. The largest absolute Gasteiger partial charge is 0.479 e. The molecule has 3 heterocycles. The fourth-order valence-corrected chi connectivity index (χ4v) is 6.89. The van der Waals surface area contributed by atoms with Gasteiger partial charge in [-0.1, -0.05) is 23.7 Å². The third kappa shape index (κ3) is 5.26. The number of thiazole rings is 1. The molecular formula is C32H32ClN3O4S. The Hall–Kier alpha value is -3.30. The summed E-state index contributed by atoms with van der Waals surface area (Å²) in [6, 6.07) is 15.8. The second-order valence-corrected chi connectivity index (χ2v) is 13.0. The van der Waals surface area contributed by atoms with Crippen LogP contribution in [0.2, 0.25) is 5.02 Å². The maximum atomic E-state index is 12.6. The Bertz CT molecular complexity index is 1780. The average molecular weight is 590 g/mol. The van der Waals surface area contributed by atoms with Crippen LogP contribution in [-0.4, -0.2) is 44.7 Å². The molecule has 3 aromatic carbocycles. The molecule has 0 amide bonds. The van der Waals surface area contributed by atoms with Gasteiger partial charge in [-0.05, 0) is 81.6 Å². The number of fused-ring (bicyclic) bond motifs is 2. The zero-order chi connectivity index (χ0) is 29.1. The van der Waals surface area contributed by atoms with E-state index < -0.39 is 17.7 Å². The van der Waals surface area contributed by atoms with Gasteiger partial charge in [0.2, 0.25) is 0 Å². The lowest BCUT2D eigenvalue weighted by atomic mass is 9.91. The van der Waals surface area contributed by atoms with E-state index in [0.29, 0.717) is 17.2 Å². The maximum absolute atomic E-state index is 12.6. The van der Waals surface area contributed by atoms with E-state index in [-0.39, 0.29) is 5.92 Å². The maximum Gasteiger partial charge on any atom is 0.337 e. The van der Waals surface area contributed by atoms with Gasteiger partial charge in [0.15, 0.2) is 6.10 Å². The van der Waals surface area contributed by atoms with Crippen molar-refractivity contribution in [2.75, 3.05) is 13.2 Å². The van der Waals surface area contributed by atoms with E-state index in [1.54, 1.807) is 11.3 Å². The van der Waals surface area contributed by atoms with Crippen molar-refractivity contribution < 1.29 is 19.4 Å². The van der Waals surface area contributed by atoms with Crippen molar-refractivity contribution in [3.05, 3.63) is 70.4 Å². The van der Waals surface area contributed by atoms with Gasteiger partial charge in [0.1, 0.15) is 5.01 Å². The van der Waals surface area contributed by atoms with Crippen LogP contribution in [0.1, 0.15) is 56.0 Å². The van der Waals surface area contributed by atoms with E-state index in [0.717, 1.165) is 67.1 Å². The lowest BCUT2D eigenvalue weighted by molar-refractivity contribution is -0.160. The highest BCUT2D eigenvalue weighted by atomic mass is 35.5. The van der Waals surface area contributed by atoms with E-state index in [1.807, 2.05) is 69.8 Å². The standard InChI is InChI=1S/C32H32ClN3O4S/c1-17-14-23-29(26(18-6-9-21(33)10-7-18)25(17)28(31(37)38)40-32(2,3)4)41-30(34-23)19-8-11-24-22(15-19)27(35-36(24)5)20-12-13-39-16-20/h6-11,14-15,20,28H,12-13,16H2,1-5H3,(H,37,38). The predicted octanol–water partition coefficient (Wildman–Crippen LogP) is 7.92. The van der Waals surface area contributed by atoms with Crippen LogP contribution in [0.15, 0.2) is 48.5 Å². The molecule has 0 saturated carbocycles. The van der Waals surface area contributed by atoms with Crippen molar-refractivity contribution in [1.29, 1.82) is 0 Å². The quantitative estimate of drug-likeness (QED) is 0.216. The van der Waals surface area contributed by atoms with Crippen LogP contribution >= 0.6 is 22.9 Å². The number of nitrogens with zero attached hydrogens (tertiary/aromatic N) is 3. The van der Waals surface area contributed by atoms with E-state index in [2.05, 4.69) is 18.2 Å². The van der Waals surface area contributed by atoms with Crippen molar-refractivity contribution in [1.82, 2.24) is 14.8 Å². The summed E-state index contributed by atoms with van der Waals surface area (Å²) in [7, 11) is 1.97. The number of carbonyl (C=O) groups is 1. The van der Waals surface area contributed by atoms with Gasteiger partial charge in [0.05, 0.1) is 33.6 Å². The molecule has 6 rings (SSSR count). The Kier molecular flexibility index (Phi) is 7.14. The molecule has 212 valence electrons. The number of carboxylic acid groups (broad SMARTS) is 1. The van der Waals surface area contributed by atoms with Crippen molar-refractivity contribution in [2.45, 2.75) is 51.7 Å². The zero-order valence-corrected chi connectivity index (χ0v) is 25.3. The molecule has 0 radical (unpaired) electrons. The SMILES string of the molecule is Cc1cc2nc(-c3ccc4c(c3)c(C3CCOC3)nn4C)sc2c(-c2ccc(Cl)cc2)c1C(OC(C)(C)C)C(=O)O. The second-order valence-electron chi connectivity index (χ2n) is 11.6. The summed E-state index contributed by atoms with van der Waals surface area (Å²) >= 11 is 7.79. The minimum absolute atomic E-state index is 0.279. The molecule has 0 spiro atoms. The first-order valence-corrected chi connectivity index (χ1v) is 14.8. The lowest BCUT2D eigenvalue weighted by Gasteiger charge is -2.28. The number of rotatable bonds is 6. The Morgan fingerprint density at radius 2 is 1.90 bits per heavy atom. The molecule has 7 nitrogen and oxygen atoms in total. The molecule has 1 N–H and O–H groups in total. The second kappa shape index (κ2) is 10.5. The molecule has 1 fully saturated rings. The number of benzene rings is 3. The average Bonchev–Trinajstić information content (AvgIpc) is 3.66. The van der Waals surface area contributed by atoms with Gasteiger partial charge in [-0.2, -0.15) is 5.10 Å². The molecule has 1 aliphatic heterocycles. The molecule has 2 atom stereocenters. The van der Waals surface area contributed by atoms with Crippen LogP contribution in [0, 0.1) is 6.92 Å². The zero-order valence-electron chi connectivity index (χ0n) is 23.7. The molecule has 9 heteroatoms. The number of carboxylic acids is 1. The Morgan fingerprint density at radius 3 is 2.56 bits per heavy atom. The minimum Gasteiger partial charge on any atom is -0.479 e. The monoisotopic (exact) mass is 589 g/mol. The molecule has 1 saturated heterocycles. The number of hydrogen-bond acceptors (Lipinski definition) is 6. The summed E-state index contributed by atoms with van der Waals surface area (Å²) in [4.78, 5) is 17.7. The van der Waals surface area contributed by atoms with Gasteiger partial charge < -0.3 is 14.6 Å². The Labute approximate surface area is 247 Å². The van der Waals surface area contributed by atoms with Gasteiger partial charge in [0.25, 0.3) is 0 Å². The van der Waals surface area contributed by atoms with Crippen LogP contribution in [0.25, 0.3) is 42.8 Å². The van der Waals surface area contributed by atoms with E-state index >= 15 is 0 Å². The van der Waals surface area contributed by atoms with Crippen LogP contribution in [0.4, 0.5) is 0 Å². The van der Waals surface area contributed by atoms with E-state index in [9.17, 15) is 9.90 Å². The molecular weight excluding hydrogens is 558 g/mol. The van der Waals surface area contributed by atoms with Gasteiger partial charge in [0, 0.05) is 46.7 Å². The summed E-state index contributed by atoms with van der Waals surface area (Å²) in [5, 5.41) is 17.7. The van der Waals surface area contributed by atoms with E-state index in [4.69, 9.17) is 31.2 Å². The van der Waals surface area contributed by atoms with Crippen molar-refractivity contribution >= 4 is 50.0 Å². The van der Waals surface area contributed by atoms with Gasteiger partial charge in [-0.3, -0.25) is 4.68 Å². The summed E-state index contributed by atoms with van der Waals surface area (Å²) < 4.78 is 14.6. The number of aliphatic carboxylic acids is 1. The van der Waals surface area contributed by atoms with Crippen molar-refractivity contribution in [3.63, 3.8) is 0 Å². The molecule has 0 aliphatic carbocycles. The first kappa shape index (κ1) is 27.8. The number of hydrogen-bond donors (Lipinski definition) is 1. The Balaban J connectivity index is 1.57. The number of aryl methyl sites for hydroxylation is 2. The third-order valence-electron chi connectivity index (χ3n) is 7.46. The summed E-state index contributed by atoms with van der Waals surface area (Å²) in [6.45, 7) is 8.96. The van der Waals surface area contributed by atoms with Crippen LogP contribution in [-0.2, 0) is 21.3 Å². The fraction of sp³-hybridized carbons (Fsp3) is 0.344. The predicted molar refractivity (Wildman–Crippen MR) is 164 cm³/mol. The molecule has 2 aromatic heterocycles. The fourth-order valence-electron chi connectivity index (χ4n) is 5.64. The minimum atomic E-state index is -1.15. The number of ether oxygens (including phenoxy) is 2. The smallest absolute Gasteiger partial charge is 0.337 e. The highest BCUT2D eigenvalue weighted by Gasteiger charge is 2.32. The topological polar surface area (TPSA) is 86.5 Å². The molecule has 2 unspecified atom stereocenters. The molecule has 5 aromatic rings. The molecule has 41 heavy (non-hydrogen) atoms. The lowest BCUT2D eigenvalue weighted by Crippen LogP contribution is -2.28. The summed E-state index contributed by atoms with van der Waals surface area (Å²) in [5.74, 6) is -0.755. The van der Waals surface area contributed by atoms with Crippen LogP contribution in [0.3, 0.4) is 0 Å². The first-order valence-electron chi connectivity index (χ1n) is 13.7. The van der Waals surface area contributed by atoms with Gasteiger partial charge in [-0.15, -0.1) is 11.3 Å². The normalized spacial score (nSPS) is 16.6. The summed E-state index contributed by atoms with van der Waals surface area (Å²) in [6.07, 6.45) is -0.190. The van der Waals surface area contributed by atoms with E-state index in [1.165, 1.54) is 0 Å².